The number of rotatable bonds is 5. The van der Waals surface area contributed by atoms with Crippen LogP contribution in [-0.4, -0.2) is 12.3 Å². The van der Waals surface area contributed by atoms with E-state index in [4.69, 9.17) is 5.73 Å². The van der Waals surface area contributed by atoms with Crippen LogP contribution in [0, 0.1) is 18.2 Å². The summed E-state index contributed by atoms with van der Waals surface area (Å²) in [6.07, 6.45) is 1.35. The zero-order chi connectivity index (χ0) is 13.1. The van der Waals surface area contributed by atoms with Crippen molar-refractivity contribution in [2.45, 2.75) is 33.6 Å². The Morgan fingerprint density at radius 1 is 1.35 bits per heavy atom. The van der Waals surface area contributed by atoms with Crippen molar-refractivity contribution in [2.24, 2.45) is 11.1 Å². The number of hydrogen-bond acceptors (Lipinski definition) is 2. The average Bonchev–Trinajstić information content (AvgIpc) is 2.35. The Morgan fingerprint density at radius 3 is 2.35 bits per heavy atom. The third kappa shape index (κ3) is 2.55. The molecule has 1 aromatic rings. The number of aryl methyl sites for hydroxylation is 1. The van der Waals surface area contributed by atoms with Crippen molar-refractivity contribution >= 4 is 5.78 Å². The predicted molar refractivity (Wildman–Crippen MR) is 67.5 cm³/mol. The van der Waals surface area contributed by atoms with Crippen LogP contribution in [0.2, 0.25) is 0 Å². The first-order valence-corrected chi connectivity index (χ1v) is 6.01. The smallest absolute Gasteiger partial charge is 0.170 e. The van der Waals surface area contributed by atoms with Gasteiger partial charge in [0.25, 0.3) is 0 Å². The van der Waals surface area contributed by atoms with Crippen molar-refractivity contribution in [3.63, 3.8) is 0 Å². The van der Waals surface area contributed by atoms with Crippen LogP contribution in [0.1, 0.15) is 42.6 Å². The highest BCUT2D eigenvalue weighted by Gasteiger charge is 2.34. The van der Waals surface area contributed by atoms with Gasteiger partial charge in [-0.1, -0.05) is 26.0 Å². The highest BCUT2D eigenvalue weighted by atomic mass is 19.1. The van der Waals surface area contributed by atoms with Crippen LogP contribution >= 0.6 is 0 Å². The molecule has 0 radical (unpaired) electrons. The maximum absolute atomic E-state index is 13.5. The topological polar surface area (TPSA) is 43.1 Å². The summed E-state index contributed by atoms with van der Waals surface area (Å²) in [5, 5.41) is 0. The van der Waals surface area contributed by atoms with E-state index in [2.05, 4.69) is 0 Å². The van der Waals surface area contributed by atoms with Gasteiger partial charge in [-0.05, 0) is 31.4 Å². The summed E-state index contributed by atoms with van der Waals surface area (Å²) in [6.45, 7) is 5.87. The molecule has 2 nitrogen and oxygen atoms in total. The second-order valence-corrected chi connectivity index (χ2v) is 4.48. The molecule has 0 aromatic heterocycles. The van der Waals surface area contributed by atoms with E-state index in [0.29, 0.717) is 30.5 Å². The molecular formula is C14H20FNO. The molecule has 0 unspecified atom stereocenters. The van der Waals surface area contributed by atoms with E-state index in [0.717, 1.165) is 0 Å². The SMILES string of the molecule is CCC(CC)(CN)C(=O)c1ccc(C)c(F)c1. The van der Waals surface area contributed by atoms with Crippen LogP contribution in [-0.2, 0) is 0 Å². The van der Waals surface area contributed by atoms with E-state index in [9.17, 15) is 9.18 Å². The zero-order valence-electron chi connectivity index (χ0n) is 10.7. The largest absolute Gasteiger partial charge is 0.329 e. The second kappa shape index (κ2) is 5.41. The van der Waals surface area contributed by atoms with E-state index < -0.39 is 5.41 Å². The molecule has 1 aromatic carbocycles. The monoisotopic (exact) mass is 237 g/mol. The molecule has 0 aliphatic carbocycles. The van der Waals surface area contributed by atoms with Gasteiger partial charge in [-0.25, -0.2) is 4.39 Å². The van der Waals surface area contributed by atoms with Crippen molar-refractivity contribution in [1.82, 2.24) is 0 Å². The Labute approximate surface area is 102 Å². The number of nitrogens with two attached hydrogens (primary N) is 1. The van der Waals surface area contributed by atoms with Gasteiger partial charge in [-0.15, -0.1) is 0 Å². The molecule has 0 fully saturated rings. The van der Waals surface area contributed by atoms with Crippen molar-refractivity contribution in [3.8, 4) is 0 Å². The molecule has 1 rings (SSSR count). The lowest BCUT2D eigenvalue weighted by Crippen LogP contribution is -2.37. The number of carbonyl (C=O) groups is 1. The van der Waals surface area contributed by atoms with Crippen LogP contribution < -0.4 is 5.73 Å². The molecule has 0 saturated carbocycles. The fourth-order valence-electron chi connectivity index (χ4n) is 1.99. The number of Topliss-reactive ketones (excluding diaryl/α,β-unsaturated/α-hetero) is 1. The molecule has 0 amide bonds. The molecule has 94 valence electrons. The molecule has 2 N–H and O–H groups in total. The quantitative estimate of drug-likeness (QED) is 0.800. The first-order valence-electron chi connectivity index (χ1n) is 6.01. The third-order valence-electron chi connectivity index (χ3n) is 3.66. The molecule has 0 aliphatic heterocycles. The number of ketones is 1. The number of hydrogen-bond donors (Lipinski definition) is 1. The predicted octanol–water partition coefficient (Wildman–Crippen LogP) is 3.08. The zero-order valence-corrected chi connectivity index (χ0v) is 10.7. The number of halogens is 1. The third-order valence-corrected chi connectivity index (χ3v) is 3.66. The Bertz CT molecular complexity index is 402. The van der Waals surface area contributed by atoms with Crippen LogP contribution in [0.15, 0.2) is 18.2 Å². The summed E-state index contributed by atoms with van der Waals surface area (Å²) in [4.78, 5) is 12.4. The normalized spacial score (nSPS) is 11.6. The van der Waals surface area contributed by atoms with Crippen LogP contribution in [0.3, 0.4) is 0 Å². The van der Waals surface area contributed by atoms with E-state index in [1.807, 2.05) is 13.8 Å². The van der Waals surface area contributed by atoms with Gasteiger partial charge in [0.2, 0.25) is 0 Å². The lowest BCUT2D eigenvalue weighted by Gasteiger charge is -2.28. The summed E-state index contributed by atoms with van der Waals surface area (Å²) in [5.74, 6) is -0.391. The molecule has 0 bridgehead atoms. The minimum Gasteiger partial charge on any atom is -0.329 e. The Balaban J connectivity index is 3.14. The van der Waals surface area contributed by atoms with Crippen molar-refractivity contribution in [1.29, 1.82) is 0 Å². The summed E-state index contributed by atoms with van der Waals surface area (Å²) < 4.78 is 13.5. The fraction of sp³-hybridized carbons (Fsp3) is 0.500. The molecular weight excluding hydrogens is 217 g/mol. The molecule has 0 saturated heterocycles. The first kappa shape index (κ1) is 13.8. The molecule has 17 heavy (non-hydrogen) atoms. The minimum absolute atomic E-state index is 0.0519. The maximum atomic E-state index is 13.5. The van der Waals surface area contributed by atoms with Crippen molar-refractivity contribution in [3.05, 3.63) is 35.1 Å². The van der Waals surface area contributed by atoms with Crippen LogP contribution in [0.4, 0.5) is 4.39 Å². The minimum atomic E-state index is -0.554. The first-order chi connectivity index (χ1) is 8.00. The van der Waals surface area contributed by atoms with Crippen molar-refractivity contribution in [2.75, 3.05) is 6.54 Å². The average molecular weight is 237 g/mol. The highest BCUT2D eigenvalue weighted by molar-refractivity contribution is 6.00. The van der Waals surface area contributed by atoms with Gasteiger partial charge >= 0.3 is 0 Å². The van der Waals surface area contributed by atoms with Gasteiger partial charge in [-0.2, -0.15) is 0 Å². The summed E-state index contributed by atoms with van der Waals surface area (Å²) in [7, 11) is 0. The molecule has 0 heterocycles. The van der Waals surface area contributed by atoms with Gasteiger partial charge in [0.05, 0.1) is 0 Å². The molecule has 0 spiro atoms. The second-order valence-electron chi connectivity index (χ2n) is 4.48. The summed E-state index contributed by atoms with van der Waals surface area (Å²) in [6, 6.07) is 4.62. The number of carbonyl (C=O) groups excluding carboxylic acids is 1. The lowest BCUT2D eigenvalue weighted by atomic mass is 9.76. The van der Waals surface area contributed by atoms with Gasteiger partial charge in [0.15, 0.2) is 5.78 Å². The van der Waals surface area contributed by atoms with Gasteiger partial charge < -0.3 is 5.73 Å². The standard InChI is InChI=1S/C14H20FNO/c1-4-14(5-2,9-16)13(17)11-7-6-10(3)12(15)8-11/h6-8H,4-5,9,16H2,1-3H3. The van der Waals surface area contributed by atoms with E-state index in [1.54, 1.807) is 19.1 Å². The van der Waals surface area contributed by atoms with Gasteiger partial charge in [0, 0.05) is 17.5 Å². The Morgan fingerprint density at radius 2 is 1.94 bits per heavy atom. The summed E-state index contributed by atoms with van der Waals surface area (Å²) >= 11 is 0. The molecule has 0 atom stereocenters. The van der Waals surface area contributed by atoms with Crippen LogP contribution in [0.5, 0.6) is 0 Å². The van der Waals surface area contributed by atoms with Gasteiger partial charge in [-0.3, -0.25) is 4.79 Å². The maximum Gasteiger partial charge on any atom is 0.170 e. The van der Waals surface area contributed by atoms with Crippen molar-refractivity contribution < 1.29 is 9.18 Å². The molecule has 3 heteroatoms. The van der Waals surface area contributed by atoms with E-state index in [-0.39, 0.29) is 11.6 Å². The number of benzene rings is 1. The van der Waals surface area contributed by atoms with E-state index >= 15 is 0 Å². The Kier molecular flexibility index (Phi) is 4.40. The Hall–Kier alpha value is -1.22. The van der Waals surface area contributed by atoms with Crippen LogP contribution in [0.25, 0.3) is 0 Å². The van der Waals surface area contributed by atoms with E-state index in [1.165, 1.54) is 6.07 Å². The lowest BCUT2D eigenvalue weighted by molar-refractivity contribution is 0.0787. The highest BCUT2D eigenvalue weighted by Crippen LogP contribution is 2.30. The van der Waals surface area contributed by atoms with Gasteiger partial charge in [0.1, 0.15) is 5.82 Å². The molecule has 0 aliphatic rings. The summed E-state index contributed by atoms with van der Waals surface area (Å²) in [5.41, 5.74) is 6.13. The fourth-order valence-corrected chi connectivity index (χ4v) is 1.99.